The summed E-state index contributed by atoms with van der Waals surface area (Å²) < 4.78 is 0. The molecule has 0 bridgehead atoms. The maximum atomic E-state index is 12.4. The van der Waals surface area contributed by atoms with Gasteiger partial charge in [0.05, 0.1) is 5.52 Å². The molecule has 0 radical (unpaired) electrons. The van der Waals surface area contributed by atoms with Crippen molar-refractivity contribution in [2.75, 3.05) is 24.8 Å². The molecule has 5 nitrogen and oxygen atoms in total. The molecular weight excluding hydrogens is 260 g/mol. The van der Waals surface area contributed by atoms with Crippen LogP contribution in [0.3, 0.4) is 0 Å². The van der Waals surface area contributed by atoms with Crippen LogP contribution in [-0.4, -0.2) is 46.1 Å². The van der Waals surface area contributed by atoms with E-state index in [9.17, 15) is 4.79 Å². The number of anilines is 1. The lowest BCUT2D eigenvalue weighted by Gasteiger charge is -2.23. The molecule has 102 valence electrons. The first kappa shape index (κ1) is 13.7. The number of fused-ring (bicyclic) bond motifs is 1. The molecule has 1 aromatic heterocycles. The Morgan fingerprint density at radius 2 is 2.32 bits per heavy atom. The molecule has 1 amide bonds. The van der Waals surface area contributed by atoms with Crippen molar-refractivity contribution >= 4 is 34.3 Å². The van der Waals surface area contributed by atoms with Crippen molar-refractivity contribution in [2.24, 2.45) is 0 Å². The number of benzene rings is 1. The second kappa shape index (κ2) is 5.52. The lowest BCUT2D eigenvalue weighted by molar-refractivity contribution is 0.0753. The largest absolute Gasteiger partial charge is 0.399 e. The Bertz CT molecular complexity index is 595. The van der Waals surface area contributed by atoms with Crippen LogP contribution in [0.5, 0.6) is 0 Å². The van der Waals surface area contributed by atoms with E-state index in [0.717, 1.165) is 16.7 Å². The zero-order valence-electron chi connectivity index (χ0n) is 11.3. The highest BCUT2D eigenvalue weighted by Gasteiger charge is 2.21. The molecule has 0 saturated carbocycles. The Morgan fingerprint density at radius 3 is 3.00 bits per heavy atom. The lowest BCUT2D eigenvalue weighted by Crippen LogP contribution is -2.36. The highest BCUT2D eigenvalue weighted by molar-refractivity contribution is 7.98. The summed E-state index contributed by atoms with van der Waals surface area (Å²) in [7, 11) is 1.80. The second-order valence-corrected chi connectivity index (χ2v) is 5.51. The summed E-state index contributed by atoms with van der Waals surface area (Å²) in [5.41, 5.74) is 7.64. The Labute approximate surface area is 116 Å². The number of hydrogen-bond acceptors (Lipinski definition) is 4. The third-order valence-electron chi connectivity index (χ3n) is 3.18. The Morgan fingerprint density at radius 1 is 1.58 bits per heavy atom. The molecular formula is C13H18N4OS. The molecule has 0 spiro atoms. The molecule has 0 saturated heterocycles. The average Bonchev–Trinajstić information content (AvgIpc) is 2.80. The van der Waals surface area contributed by atoms with Gasteiger partial charge in [-0.1, -0.05) is 0 Å². The van der Waals surface area contributed by atoms with Crippen LogP contribution < -0.4 is 5.73 Å². The number of hydrogen-bond donors (Lipinski definition) is 2. The normalized spacial score (nSPS) is 12.6. The SMILES string of the molecule is CSCC(C)N(C)C(=O)c1n[nH]c2ccc(N)cc12. The van der Waals surface area contributed by atoms with Gasteiger partial charge in [-0.05, 0) is 31.4 Å². The van der Waals surface area contributed by atoms with Crippen molar-refractivity contribution in [3.05, 3.63) is 23.9 Å². The molecule has 1 atom stereocenters. The predicted octanol–water partition coefficient (Wildman–Crippen LogP) is 1.97. The summed E-state index contributed by atoms with van der Waals surface area (Å²) >= 11 is 1.72. The Kier molecular flexibility index (Phi) is 3.99. The van der Waals surface area contributed by atoms with E-state index in [0.29, 0.717) is 11.4 Å². The average molecular weight is 278 g/mol. The standard InChI is InChI=1S/C13H18N4OS/c1-8(7-19-3)17(2)13(18)12-10-6-9(14)4-5-11(10)15-16-12/h4-6,8H,7,14H2,1-3H3,(H,15,16). The molecule has 0 aliphatic carbocycles. The van der Waals surface area contributed by atoms with Crippen molar-refractivity contribution in [3.63, 3.8) is 0 Å². The first-order chi connectivity index (χ1) is 9.04. The van der Waals surface area contributed by atoms with Gasteiger partial charge < -0.3 is 10.6 Å². The van der Waals surface area contributed by atoms with Crippen LogP contribution in [0.4, 0.5) is 5.69 Å². The lowest BCUT2D eigenvalue weighted by atomic mass is 10.1. The predicted molar refractivity (Wildman–Crippen MR) is 80.4 cm³/mol. The Balaban J connectivity index is 2.33. The number of nitrogen functional groups attached to an aromatic ring is 1. The summed E-state index contributed by atoms with van der Waals surface area (Å²) in [5.74, 6) is 0.811. The fourth-order valence-electron chi connectivity index (χ4n) is 1.91. The van der Waals surface area contributed by atoms with E-state index < -0.39 is 0 Å². The van der Waals surface area contributed by atoms with Gasteiger partial charge in [0, 0.05) is 29.9 Å². The van der Waals surface area contributed by atoms with E-state index in [4.69, 9.17) is 5.73 Å². The van der Waals surface area contributed by atoms with Crippen molar-refractivity contribution in [2.45, 2.75) is 13.0 Å². The number of rotatable bonds is 4. The fourth-order valence-corrected chi connectivity index (χ4v) is 2.62. The molecule has 6 heteroatoms. The molecule has 2 aromatic rings. The molecule has 1 unspecified atom stereocenters. The number of H-pyrrole nitrogens is 1. The first-order valence-electron chi connectivity index (χ1n) is 6.04. The number of nitrogens with two attached hydrogens (primary N) is 1. The van der Waals surface area contributed by atoms with E-state index in [1.54, 1.807) is 35.8 Å². The van der Waals surface area contributed by atoms with Gasteiger partial charge in [-0.25, -0.2) is 0 Å². The number of nitrogens with one attached hydrogen (secondary N) is 1. The second-order valence-electron chi connectivity index (χ2n) is 4.60. The van der Waals surface area contributed by atoms with E-state index in [1.165, 1.54) is 0 Å². The topological polar surface area (TPSA) is 75.0 Å². The van der Waals surface area contributed by atoms with Gasteiger partial charge >= 0.3 is 0 Å². The molecule has 0 aliphatic rings. The molecule has 0 fully saturated rings. The summed E-state index contributed by atoms with van der Waals surface area (Å²) in [6.07, 6.45) is 2.03. The third-order valence-corrected chi connectivity index (χ3v) is 3.99. The summed E-state index contributed by atoms with van der Waals surface area (Å²) in [6.45, 7) is 2.03. The number of nitrogens with zero attached hydrogens (tertiary/aromatic N) is 2. The van der Waals surface area contributed by atoms with Gasteiger partial charge in [0.1, 0.15) is 0 Å². The van der Waals surface area contributed by atoms with Gasteiger partial charge in [-0.3, -0.25) is 9.89 Å². The Hall–Kier alpha value is -1.69. The van der Waals surface area contributed by atoms with Crippen LogP contribution in [0.25, 0.3) is 10.9 Å². The summed E-state index contributed by atoms with van der Waals surface area (Å²) in [4.78, 5) is 14.2. The molecule has 3 N–H and O–H groups in total. The number of carbonyl (C=O) groups is 1. The minimum Gasteiger partial charge on any atom is -0.399 e. The van der Waals surface area contributed by atoms with Crippen LogP contribution in [0, 0.1) is 0 Å². The monoisotopic (exact) mass is 278 g/mol. The van der Waals surface area contributed by atoms with Gasteiger partial charge in [-0.15, -0.1) is 0 Å². The number of carbonyl (C=O) groups excluding carboxylic acids is 1. The highest BCUT2D eigenvalue weighted by Crippen LogP contribution is 2.20. The maximum Gasteiger partial charge on any atom is 0.275 e. The van der Waals surface area contributed by atoms with Crippen molar-refractivity contribution in [1.29, 1.82) is 0 Å². The van der Waals surface area contributed by atoms with E-state index >= 15 is 0 Å². The minimum atomic E-state index is -0.0848. The van der Waals surface area contributed by atoms with Gasteiger partial charge in [0.15, 0.2) is 5.69 Å². The third kappa shape index (κ3) is 2.68. The van der Waals surface area contributed by atoms with E-state index in [-0.39, 0.29) is 11.9 Å². The number of aromatic nitrogens is 2. The molecule has 1 heterocycles. The first-order valence-corrected chi connectivity index (χ1v) is 7.43. The number of aromatic amines is 1. The zero-order valence-corrected chi connectivity index (χ0v) is 12.1. The zero-order chi connectivity index (χ0) is 14.0. The fraction of sp³-hybridized carbons (Fsp3) is 0.385. The van der Waals surface area contributed by atoms with Crippen LogP contribution in [0.1, 0.15) is 17.4 Å². The number of amides is 1. The number of thioether (sulfide) groups is 1. The minimum absolute atomic E-state index is 0.0848. The van der Waals surface area contributed by atoms with Crippen molar-refractivity contribution in [1.82, 2.24) is 15.1 Å². The maximum absolute atomic E-state index is 12.4. The van der Waals surface area contributed by atoms with E-state index in [1.807, 2.05) is 19.2 Å². The van der Waals surface area contributed by atoms with Crippen LogP contribution in [0.15, 0.2) is 18.2 Å². The van der Waals surface area contributed by atoms with Gasteiger partial charge in [-0.2, -0.15) is 16.9 Å². The molecule has 2 rings (SSSR count). The van der Waals surface area contributed by atoms with Gasteiger partial charge in [0.25, 0.3) is 5.91 Å². The van der Waals surface area contributed by atoms with Crippen molar-refractivity contribution in [3.8, 4) is 0 Å². The molecule has 0 aliphatic heterocycles. The summed E-state index contributed by atoms with van der Waals surface area (Å²) in [6, 6.07) is 5.56. The van der Waals surface area contributed by atoms with Gasteiger partial charge in [0.2, 0.25) is 0 Å². The summed E-state index contributed by atoms with van der Waals surface area (Å²) in [5, 5.41) is 7.76. The molecule has 19 heavy (non-hydrogen) atoms. The van der Waals surface area contributed by atoms with E-state index in [2.05, 4.69) is 10.2 Å². The van der Waals surface area contributed by atoms with Crippen LogP contribution in [-0.2, 0) is 0 Å². The quantitative estimate of drug-likeness (QED) is 0.838. The van der Waals surface area contributed by atoms with Crippen LogP contribution >= 0.6 is 11.8 Å². The van der Waals surface area contributed by atoms with Crippen molar-refractivity contribution < 1.29 is 4.79 Å². The smallest absolute Gasteiger partial charge is 0.275 e. The molecule has 1 aromatic carbocycles. The highest BCUT2D eigenvalue weighted by atomic mass is 32.2. The van der Waals surface area contributed by atoms with Crippen LogP contribution in [0.2, 0.25) is 0 Å².